The summed E-state index contributed by atoms with van der Waals surface area (Å²) in [5.74, 6) is 1.97. The van der Waals surface area contributed by atoms with Gasteiger partial charge in [-0.15, -0.1) is 0 Å². The molecule has 1 aromatic rings. The number of hydrogen-bond acceptors (Lipinski definition) is 6. The van der Waals surface area contributed by atoms with E-state index in [0.29, 0.717) is 43.4 Å². The van der Waals surface area contributed by atoms with Crippen LogP contribution >= 0.6 is 0 Å². The van der Waals surface area contributed by atoms with E-state index in [-0.39, 0.29) is 18.9 Å². The maximum atomic E-state index is 12.3. The molecule has 2 rings (SSSR count). The van der Waals surface area contributed by atoms with E-state index >= 15 is 0 Å². The number of methoxy groups -OCH3 is 3. The molecule has 0 atom stereocenters. The van der Waals surface area contributed by atoms with Crippen LogP contribution in [0.15, 0.2) is 18.2 Å². The third-order valence-electron chi connectivity index (χ3n) is 4.48. The molecule has 0 radical (unpaired) electrons. The van der Waals surface area contributed by atoms with Crippen molar-refractivity contribution in [1.29, 1.82) is 0 Å². The zero-order chi connectivity index (χ0) is 20.5. The van der Waals surface area contributed by atoms with Gasteiger partial charge >= 0.3 is 6.09 Å². The van der Waals surface area contributed by atoms with Crippen LogP contribution in [-0.4, -0.2) is 64.5 Å². The van der Waals surface area contributed by atoms with Gasteiger partial charge in [-0.25, -0.2) is 4.79 Å². The van der Waals surface area contributed by atoms with Crippen molar-refractivity contribution in [2.45, 2.75) is 19.8 Å². The highest BCUT2D eigenvalue weighted by Crippen LogP contribution is 2.40. The number of nitrogens with one attached hydrogen (secondary N) is 1. The zero-order valence-electron chi connectivity index (χ0n) is 16.9. The fourth-order valence-corrected chi connectivity index (χ4v) is 3.06. The Morgan fingerprint density at radius 1 is 1.11 bits per heavy atom. The highest BCUT2D eigenvalue weighted by molar-refractivity contribution is 5.81. The summed E-state index contributed by atoms with van der Waals surface area (Å²) in [5.41, 5.74) is 1.94. The molecule has 8 heteroatoms. The second-order valence-electron chi connectivity index (χ2n) is 6.12. The average Bonchev–Trinajstić information content (AvgIpc) is 2.72. The molecule has 0 spiro atoms. The normalized spacial score (nSPS) is 13.4. The summed E-state index contributed by atoms with van der Waals surface area (Å²) in [6, 6.07) is 3.63. The summed E-state index contributed by atoms with van der Waals surface area (Å²) >= 11 is 0. The number of carbonyl (C=O) groups excluding carboxylic acids is 2. The van der Waals surface area contributed by atoms with Crippen LogP contribution in [0, 0.1) is 0 Å². The third kappa shape index (κ3) is 5.31. The van der Waals surface area contributed by atoms with Crippen molar-refractivity contribution in [1.82, 2.24) is 10.2 Å². The first kappa shape index (κ1) is 21.4. The van der Waals surface area contributed by atoms with Crippen molar-refractivity contribution in [2.24, 2.45) is 0 Å². The summed E-state index contributed by atoms with van der Waals surface area (Å²) in [4.78, 5) is 25.4. The Kier molecular flexibility index (Phi) is 7.98. The van der Waals surface area contributed by atoms with Crippen molar-refractivity contribution >= 4 is 17.6 Å². The number of carbonyl (C=O) groups is 2. The van der Waals surface area contributed by atoms with Gasteiger partial charge in [-0.2, -0.15) is 0 Å². The summed E-state index contributed by atoms with van der Waals surface area (Å²) in [5, 5.41) is 2.56. The molecule has 1 heterocycles. The van der Waals surface area contributed by atoms with Crippen molar-refractivity contribution in [3.63, 3.8) is 0 Å². The molecule has 0 bridgehead atoms. The van der Waals surface area contributed by atoms with Gasteiger partial charge in [-0.1, -0.05) is 6.08 Å². The van der Waals surface area contributed by atoms with Gasteiger partial charge in [-0.05, 0) is 18.9 Å². The number of hydrogen-bond donors (Lipinski definition) is 1. The van der Waals surface area contributed by atoms with Crippen LogP contribution in [0.4, 0.5) is 4.79 Å². The largest absolute Gasteiger partial charge is 0.496 e. The minimum atomic E-state index is -0.505. The van der Waals surface area contributed by atoms with Crippen molar-refractivity contribution < 1.29 is 28.5 Å². The molecule has 0 saturated carbocycles. The van der Waals surface area contributed by atoms with Crippen LogP contribution < -0.4 is 19.5 Å². The van der Waals surface area contributed by atoms with Gasteiger partial charge in [0.1, 0.15) is 17.2 Å². The van der Waals surface area contributed by atoms with Gasteiger partial charge in [0.25, 0.3) is 0 Å². The van der Waals surface area contributed by atoms with E-state index in [2.05, 4.69) is 5.32 Å². The number of ether oxygens (including phenoxy) is 4. The van der Waals surface area contributed by atoms with E-state index in [9.17, 15) is 9.59 Å². The summed E-state index contributed by atoms with van der Waals surface area (Å²) in [7, 11) is 4.80. The predicted octanol–water partition coefficient (Wildman–Crippen LogP) is 2.46. The standard InChI is InChI=1S/C20H28N2O6/c1-5-28-20(24)21-9-6-18(23)22-10-7-14(8-11-22)19-16(26-3)12-15(25-2)13-17(19)27-4/h7,12-13H,5-6,8-11H2,1-4H3,(H,21,24). The molecule has 1 aliphatic heterocycles. The number of alkyl carbamates (subject to hydrolysis) is 1. The van der Waals surface area contributed by atoms with E-state index in [0.717, 1.165) is 11.1 Å². The number of amides is 2. The molecular formula is C20H28N2O6. The SMILES string of the molecule is CCOC(=O)NCCC(=O)N1CC=C(c2c(OC)cc(OC)cc2OC)CC1. The molecule has 8 nitrogen and oxygen atoms in total. The van der Waals surface area contributed by atoms with E-state index in [1.807, 2.05) is 18.2 Å². The lowest BCUT2D eigenvalue weighted by Crippen LogP contribution is -2.37. The maximum absolute atomic E-state index is 12.3. The molecular weight excluding hydrogens is 364 g/mol. The predicted molar refractivity (Wildman–Crippen MR) is 105 cm³/mol. The monoisotopic (exact) mass is 392 g/mol. The smallest absolute Gasteiger partial charge is 0.407 e. The van der Waals surface area contributed by atoms with E-state index in [1.165, 1.54) is 0 Å². The van der Waals surface area contributed by atoms with Crippen LogP contribution in [-0.2, 0) is 9.53 Å². The van der Waals surface area contributed by atoms with Crippen LogP contribution in [0.2, 0.25) is 0 Å². The Labute approximate surface area is 165 Å². The highest BCUT2D eigenvalue weighted by Gasteiger charge is 2.23. The minimum Gasteiger partial charge on any atom is -0.496 e. The Morgan fingerprint density at radius 2 is 1.79 bits per heavy atom. The molecule has 0 aromatic heterocycles. The van der Waals surface area contributed by atoms with Crippen LogP contribution in [0.1, 0.15) is 25.3 Å². The fraction of sp³-hybridized carbons (Fsp3) is 0.500. The van der Waals surface area contributed by atoms with E-state index in [4.69, 9.17) is 18.9 Å². The number of rotatable bonds is 8. The molecule has 1 aromatic carbocycles. The average molecular weight is 392 g/mol. The Hall–Kier alpha value is -2.90. The molecule has 0 fully saturated rings. The highest BCUT2D eigenvalue weighted by atomic mass is 16.5. The lowest BCUT2D eigenvalue weighted by Gasteiger charge is -2.28. The second-order valence-corrected chi connectivity index (χ2v) is 6.12. The van der Waals surface area contributed by atoms with Crippen LogP contribution in [0.25, 0.3) is 5.57 Å². The molecule has 1 aliphatic rings. The summed E-state index contributed by atoms with van der Waals surface area (Å²) in [6.07, 6.45) is 2.41. The first-order valence-corrected chi connectivity index (χ1v) is 9.21. The molecule has 1 N–H and O–H groups in total. The summed E-state index contributed by atoms with van der Waals surface area (Å²) in [6.45, 7) is 3.37. The van der Waals surface area contributed by atoms with Gasteiger partial charge in [0.15, 0.2) is 0 Å². The minimum absolute atomic E-state index is 0.0132. The van der Waals surface area contributed by atoms with Crippen LogP contribution in [0.3, 0.4) is 0 Å². The van der Waals surface area contributed by atoms with Gasteiger partial charge < -0.3 is 29.2 Å². The molecule has 2 amide bonds. The van der Waals surface area contributed by atoms with Crippen molar-refractivity contribution in [3.05, 3.63) is 23.8 Å². The van der Waals surface area contributed by atoms with Gasteiger partial charge in [0.2, 0.25) is 5.91 Å². The lowest BCUT2D eigenvalue weighted by atomic mass is 9.97. The third-order valence-corrected chi connectivity index (χ3v) is 4.48. The molecule has 154 valence electrons. The Morgan fingerprint density at radius 3 is 2.29 bits per heavy atom. The quantitative estimate of drug-likeness (QED) is 0.731. The van der Waals surface area contributed by atoms with Gasteiger partial charge in [0.05, 0.1) is 33.5 Å². The first-order chi connectivity index (χ1) is 13.5. The lowest BCUT2D eigenvalue weighted by molar-refractivity contribution is -0.130. The molecule has 28 heavy (non-hydrogen) atoms. The fourth-order valence-electron chi connectivity index (χ4n) is 3.06. The zero-order valence-corrected chi connectivity index (χ0v) is 16.9. The topological polar surface area (TPSA) is 86.3 Å². The Balaban J connectivity index is 2.03. The number of nitrogens with zero attached hydrogens (tertiary/aromatic N) is 1. The van der Waals surface area contributed by atoms with Crippen molar-refractivity contribution in [2.75, 3.05) is 47.6 Å². The molecule has 0 aliphatic carbocycles. The Bertz CT molecular complexity index is 706. The van der Waals surface area contributed by atoms with E-state index < -0.39 is 6.09 Å². The number of benzene rings is 1. The second kappa shape index (κ2) is 10.4. The molecule has 0 unspecified atom stereocenters. The molecule has 0 saturated heterocycles. The van der Waals surface area contributed by atoms with Gasteiger partial charge in [-0.3, -0.25) is 4.79 Å². The first-order valence-electron chi connectivity index (χ1n) is 9.21. The van der Waals surface area contributed by atoms with Crippen molar-refractivity contribution in [3.8, 4) is 17.2 Å². The maximum Gasteiger partial charge on any atom is 0.407 e. The van der Waals surface area contributed by atoms with Gasteiger partial charge in [0, 0.05) is 38.2 Å². The van der Waals surface area contributed by atoms with E-state index in [1.54, 1.807) is 33.2 Å². The van der Waals surface area contributed by atoms with Crippen LogP contribution in [0.5, 0.6) is 17.2 Å². The summed E-state index contributed by atoms with van der Waals surface area (Å²) < 4.78 is 21.1.